The van der Waals surface area contributed by atoms with Crippen LogP contribution in [0.1, 0.15) is 24.1 Å². The average molecular weight is 492 g/mol. The number of fused-ring (bicyclic) bond motifs is 1. The molecule has 5 rings (SSSR count). The monoisotopic (exact) mass is 491 g/mol. The largest absolute Gasteiger partial charge is 0.472 e. The lowest BCUT2D eigenvalue weighted by atomic mass is 10.1. The summed E-state index contributed by atoms with van der Waals surface area (Å²) in [5, 5.41) is 4.41. The maximum atomic E-state index is 13.6. The van der Waals surface area contributed by atoms with Gasteiger partial charge in [-0.15, -0.1) is 11.3 Å². The van der Waals surface area contributed by atoms with Crippen LogP contribution < -0.4 is 10.1 Å². The first-order valence-electron chi connectivity index (χ1n) is 11.0. The molecule has 1 amide bonds. The Morgan fingerprint density at radius 2 is 2.24 bits per heavy atom. The molecule has 1 saturated carbocycles. The smallest absolute Gasteiger partial charge is 0.396 e. The summed E-state index contributed by atoms with van der Waals surface area (Å²) < 4.78 is 48.7. The van der Waals surface area contributed by atoms with Crippen LogP contribution in [0.4, 0.5) is 24.1 Å². The van der Waals surface area contributed by atoms with Crippen molar-refractivity contribution >= 4 is 39.1 Å². The molecule has 0 aromatic carbocycles. The quantitative estimate of drug-likeness (QED) is 0.468. The van der Waals surface area contributed by atoms with Crippen molar-refractivity contribution in [3.63, 3.8) is 0 Å². The first-order chi connectivity index (χ1) is 16.2. The summed E-state index contributed by atoms with van der Waals surface area (Å²) in [5.41, 5.74) is -1.08. The predicted molar refractivity (Wildman–Crippen MR) is 123 cm³/mol. The second-order valence-corrected chi connectivity index (χ2v) is 10.1. The van der Waals surface area contributed by atoms with Gasteiger partial charge in [-0.2, -0.15) is 18.2 Å². The van der Waals surface area contributed by atoms with Crippen LogP contribution in [0.5, 0.6) is 5.88 Å². The van der Waals surface area contributed by atoms with Crippen LogP contribution in [-0.2, 0) is 11.3 Å². The predicted octanol–water partition coefficient (Wildman–Crippen LogP) is 5.05. The summed E-state index contributed by atoms with van der Waals surface area (Å²) in [4.78, 5) is 23.5. The van der Waals surface area contributed by atoms with Crippen molar-refractivity contribution in [1.82, 2.24) is 19.4 Å². The molecule has 11 heteroatoms. The third-order valence-electron chi connectivity index (χ3n) is 6.43. The molecule has 1 saturated heterocycles. The molecular weight excluding hydrogens is 467 g/mol. The Kier molecular flexibility index (Phi) is 5.54. The standard InChI is InChI=1S/C23H24F3N5O2S/c1-3-19(32)30-8-4-15(12-30)33-20-16-5-9-31(13-22(6-7-22)23(24,25)26)17(16)10-18(28-20)29-21-27-11-14(2)34-21/h3,5,9-11,15H,1,4,6-8,12-13H2,2H3,(H,27,28,29)/t15-/m0/s1. The number of carbonyl (C=O) groups is 1. The number of amides is 1. The van der Waals surface area contributed by atoms with E-state index in [4.69, 9.17) is 4.74 Å². The lowest BCUT2D eigenvalue weighted by Gasteiger charge is -2.21. The van der Waals surface area contributed by atoms with Crippen molar-refractivity contribution in [3.05, 3.63) is 42.1 Å². The zero-order chi connectivity index (χ0) is 24.1. The minimum atomic E-state index is -4.25. The molecule has 1 aliphatic heterocycles. The van der Waals surface area contributed by atoms with Gasteiger partial charge in [0.15, 0.2) is 5.13 Å². The highest BCUT2D eigenvalue weighted by Crippen LogP contribution is 2.59. The third kappa shape index (κ3) is 4.24. The Labute approximate surface area is 198 Å². The first kappa shape index (κ1) is 22.7. The molecule has 0 bridgehead atoms. The highest BCUT2D eigenvalue weighted by atomic mass is 32.1. The number of ether oxygens (including phenoxy) is 1. The number of pyridine rings is 1. The van der Waals surface area contributed by atoms with E-state index in [1.165, 1.54) is 17.4 Å². The van der Waals surface area contributed by atoms with Gasteiger partial charge in [-0.25, -0.2) is 4.98 Å². The normalized spacial score (nSPS) is 19.4. The Balaban J connectivity index is 1.48. The van der Waals surface area contributed by atoms with Crippen LogP contribution in [0.2, 0.25) is 0 Å². The number of aryl methyl sites for hydroxylation is 1. The van der Waals surface area contributed by atoms with Crippen LogP contribution in [0.25, 0.3) is 10.9 Å². The highest BCUT2D eigenvalue weighted by molar-refractivity contribution is 7.15. The number of nitrogens with zero attached hydrogens (tertiary/aromatic N) is 4. The van der Waals surface area contributed by atoms with Gasteiger partial charge in [0.25, 0.3) is 0 Å². The average Bonchev–Trinajstić information content (AvgIpc) is 3.08. The lowest BCUT2D eigenvalue weighted by molar-refractivity contribution is -0.190. The molecule has 1 atom stereocenters. The van der Waals surface area contributed by atoms with Crippen LogP contribution in [0, 0.1) is 12.3 Å². The molecule has 1 aliphatic carbocycles. The van der Waals surface area contributed by atoms with Crippen molar-refractivity contribution < 1.29 is 22.7 Å². The molecule has 2 fully saturated rings. The fourth-order valence-electron chi connectivity index (χ4n) is 4.29. The minimum absolute atomic E-state index is 0.128. The van der Waals surface area contributed by atoms with Gasteiger partial charge in [-0.1, -0.05) is 6.58 Å². The molecule has 4 heterocycles. The van der Waals surface area contributed by atoms with E-state index in [2.05, 4.69) is 21.9 Å². The third-order valence-corrected chi connectivity index (χ3v) is 7.25. The van der Waals surface area contributed by atoms with Gasteiger partial charge in [-0.3, -0.25) is 4.79 Å². The number of anilines is 2. The van der Waals surface area contributed by atoms with Crippen molar-refractivity contribution in [2.45, 2.75) is 45.0 Å². The van der Waals surface area contributed by atoms with Crippen molar-refractivity contribution in [2.75, 3.05) is 18.4 Å². The molecule has 2 aliphatic rings. The number of carbonyl (C=O) groups excluding carboxylic acids is 1. The number of hydrogen-bond donors (Lipinski definition) is 1. The zero-order valence-electron chi connectivity index (χ0n) is 18.6. The summed E-state index contributed by atoms with van der Waals surface area (Å²) in [6.45, 7) is 6.25. The first-order valence-corrected chi connectivity index (χ1v) is 11.8. The molecular formula is C23H24F3N5O2S. The van der Waals surface area contributed by atoms with Gasteiger partial charge >= 0.3 is 6.18 Å². The Morgan fingerprint density at radius 3 is 2.88 bits per heavy atom. The molecule has 34 heavy (non-hydrogen) atoms. The number of aromatic nitrogens is 3. The number of hydrogen-bond acceptors (Lipinski definition) is 6. The fraction of sp³-hybridized carbons (Fsp3) is 0.435. The second kappa shape index (κ2) is 8.30. The van der Waals surface area contributed by atoms with E-state index >= 15 is 0 Å². The summed E-state index contributed by atoms with van der Waals surface area (Å²) >= 11 is 1.45. The fourth-order valence-corrected chi connectivity index (χ4v) is 4.96. The van der Waals surface area contributed by atoms with Crippen LogP contribution in [0.15, 0.2) is 37.2 Å². The van der Waals surface area contributed by atoms with Gasteiger partial charge in [0.2, 0.25) is 11.8 Å². The van der Waals surface area contributed by atoms with E-state index in [1.54, 1.807) is 34.0 Å². The molecule has 3 aromatic heterocycles. The SMILES string of the molecule is C=CC(=O)N1CC[C@H](Oc2nc(Nc3ncc(C)s3)cc3c2ccn3CC2(C(F)(F)F)CC2)C1. The zero-order valence-corrected chi connectivity index (χ0v) is 19.4. The molecule has 3 aromatic rings. The van der Waals surface area contributed by atoms with E-state index in [0.29, 0.717) is 47.2 Å². The topological polar surface area (TPSA) is 72.3 Å². The number of halogens is 3. The summed E-state index contributed by atoms with van der Waals surface area (Å²) in [5.74, 6) is 0.597. The van der Waals surface area contributed by atoms with Gasteiger partial charge < -0.3 is 19.5 Å². The molecule has 1 N–H and O–H groups in total. The summed E-state index contributed by atoms with van der Waals surface area (Å²) in [6, 6.07) is 3.47. The second-order valence-electron chi connectivity index (χ2n) is 8.89. The van der Waals surface area contributed by atoms with Gasteiger partial charge in [0, 0.05) is 42.8 Å². The van der Waals surface area contributed by atoms with E-state index < -0.39 is 11.6 Å². The summed E-state index contributed by atoms with van der Waals surface area (Å²) in [7, 11) is 0. The van der Waals surface area contributed by atoms with Gasteiger partial charge in [0.1, 0.15) is 11.9 Å². The van der Waals surface area contributed by atoms with Crippen LogP contribution >= 0.6 is 11.3 Å². The Bertz CT molecular complexity index is 1250. The molecule has 7 nitrogen and oxygen atoms in total. The van der Waals surface area contributed by atoms with E-state index in [1.807, 2.05) is 6.92 Å². The number of alkyl halides is 3. The highest BCUT2D eigenvalue weighted by Gasteiger charge is 2.63. The number of thiazole rings is 1. The van der Waals surface area contributed by atoms with E-state index in [0.717, 1.165) is 4.88 Å². The maximum absolute atomic E-state index is 13.6. The van der Waals surface area contributed by atoms with Crippen LogP contribution in [0.3, 0.4) is 0 Å². The van der Waals surface area contributed by atoms with Crippen molar-refractivity contribution in [3.8, 4) is 5.88 Å². The molecule has 0 radical (unpaired) electrons. The van der Waals surface area contributed by atoms with E-state index in [-0.39, 0.29) is 31.4 Å². The minimum Gasteiger partial charge on any atom is -0.472 e. The number of likely N-dealkylation sites (tertiary alicyclic amines) is 1. The maximum Gasteiger partial charge on any atom is 0.396 e. The van der Waals surface area contributed by atoms with Crippen molar-refractivity contribution in [1.29, 1.82) is 0 Å². The molecule has 0 unspecified atom stereocenters. The lowest BCUT2D eigenvalue weighted by Crippen LogP contribution is -2.29. The number of nitrogens with one attached hydrogen (secondary N) is 1. The van der Waals surface area contributed by atoms with E-state index in [9.17, 15) is 18.0 Å². The van der Waals surface area contributed by atoms with Crippen LogP contribution in [-0.4, -0.2) is 50.7 Å². The Morgan fingerprint density at radius 1 is 1.44 bits per heavy atom. The van der Waals surface area contributed by atoms with Gasteiger partial charge in [-0.05, 0) is 31.9 Å². The van der Waals surface area contributed by atoms with Gasteiger partial charge in [0.05, 0.1) is 22.9 Å². The number of rotatable bonds is 7. The van der Waals surface area contributed by atoms with Crippen molar-refractivity contribution in [2.24, 2.45) is 5.41 Å². The molecule has 180 valence electrons. The molecule has 0 spiro atoms. The summed E-state index contributed by atoms with van der Waals surface area (Å²) in [6.07, 6.45) is 1.02. The Hall–Kier alpha value is -3.08.